The van der Waals surface area contributed by atoms with Crippen molar-refractivity contribution >= 4 is 18.9 Å². The van der Waals surface area contributed by atoms with E-state index in [1.54, 1.807) is 11.3 Å². The zero-order chi connectivity index (χ0) is 13.9. The van der Waals surface area contributed by atoms with Gasteiger partial charge in [-0.15, -0.1) is 11.3 Å². The van der Waals surface area contributed by atoms with Crippen molar-refractivity contribution in [3.8, 4) is 0 Å². The zero-order valence-electron chi connectivity index (χ0n) is 11.9. The molecule has 0 spiro atoms. The van der Waals surface area contributed by atoms with Crippen LogP contribution in [0.15, 0.2) is 0 Å². The van der Waals surface area contributed by atoms with E-state index in [0.717, 1.165) is 15.6 Å². The van der Waals surface area contributed by atoms with Gasteiger partial charge in [-0.1, -0.05) is 0 Å². The van der Waals surface area contributed by atoms with Crippen LogP contribution in [-0.4, -0.2) is 17.2 Å². The second-order valence-electron chi connectivity index (χ2n) is 4.82. The highest BCUT2D eigenvalue weighted by Crippen LogP contribution is 2.54. The lowest BCUT2D eigenvalue weighted by atomic mass is 10.4. The average molecular weight is 291 g/mol. The molecule has 0 saturated carbocycles. The monoisotopic (exact) mass is 291 g/mol. The lowest BCUT2D eigenvalue weighted by Crippen LogP contribution is -2.09. The van der Waals surface area contributed by atoms with Crippen molar-refractivity contribution in [3.63, 3.8) is 0 Å². The Bertz CT molecular complexity index is 429. The largest absolute Gasteiger partial charge is 0.336 e. The molecule has 0 N–H and O–H groups in total. The quantitative estimate of drug-likeness (QED) is 0.733. The smallest absolute Gasteiger partial charge is 0.306 e. The molecule has 0 atom stereocenters. The van der Waals surface area contributed by atoms with Gasteiger partial charge in [-0.3, -0.25) is 4.57 Å². The van der Waals surface area contributed by atoms with Crippen molar-refractivity contribution in [2.45, 2.75) is 59.9 Å². The van der Waals surface area contributed by atoms with Crippen LogP contribution in [0.25, 0.3) is 0 Å². The molecule has 1 rings (SSSR count). The zero-order valence-corrected chi connectivity index (χ0v) is 13.6. The maximum absolute atomic E-state index is 12.7. The summed E-state index contributed by atoms with van der Waals surface area (Å²) in [6, 6.07) is 0. The molecule has 18 heavy (non-hydrogen) atoms. The second kappa shape index (κ2) is 6.29. The van der Waals surface area contributed by atoms with Crippen LogP contribution in [0, 0.1) is 13.8 Å². The second-order valence-corrected chi connectivity index (χ2v) is 8.07. The summed E-state index contributed by atoms with van der Waals surface area (Å²) in [6.45, 7) is 11.3. The van der Waals surface area contributed by atoms with E-state index in [0.29, 0.717) is 6.16 Å². The third kappa shape index (κ3) is 4.81. The summed E-state index contributed by atoms with van der Waals surface area (Å²) in [5.74, 6) is 0. The molecular formula is C12H22NO3PS. The van der Waals surface area contributed by atoms with Gasteiger partial charge in [-0.2, -0.15) is 0 Å². The van der Waals surface area contributed by atoms with E-state index in [-0.39, 0.29) is 12.2 Å². The summed E-state index contributed by atoms with van der Waals surface area (Å²) in [7, 11) is -3.10. The highest BCUT2D eigenvalue weighted by molar-refractivity contribution is 7.53. The molecule has 6 heteroatoms. The van der Waals surface area contributed by atoms with Crippen molar-refractivity contribution in [3.05, 3.63) is 15.6 Å². The number of rotatable bonds is 6. The minimum absolute atomic E-state index is 0.121. The van der Waals surface area contributed by atoms with Gasteiger partial charge in [0.05, 0.1) is 29.1 Å². The summed E-state index contributed by atoms with van der Waals surface area (Å²) < 4.78 is 23.8. The molecule has 0 radical (unpaired) electrons. The normalized spacial score (nSPS) is 12.7. The molecule has 0 amide bonds. The van der Waals surface area contributed by atoms with Crippen molar-refractivity contribution in [1.82, 2.24) is 4.98 Å². The maximum Gasteiger partial charge on any atom is 0.336 e. The fourth-order valence-electron chi connectivity index (χ4n) is 1.64. The first-order chi connectivity index (χ1) is 8.22. The molecule has 0 aliphatic carbocycles. The van der Waals surface area contributed by atoms with E-state index in [2.05, 4.69) is 4.98 Å². The first-order valence-electron chi connectivity index (χ1n) is 6.10. The molecule has 0 aliphatic rings. The van der Waals surface area contributed by atoms with Gasteiger partial charge in [0.2, 0.25) is 0 Å². The van der Waals surface area contributed by atoms with Crippen LogP contribution < -0.4 is 0 Å². The van der Waals surface area contributed by atoms with Gasteiger partial charge in [0.25, 0.3) is 0 Å². The molecule has 1 aromatic rings. The SMILES string of the molecule is Cc1nc(C)c(CP(=O)(OC(C)C)OC(C)C)s1. The van der Waals surface area contributed by atoms with Crippen LogP contribution in [0.2, 0.25) is 0 Å². The Kier molecular flexibility index (Phi) is 5.53. The van der Waals surface area contributed by atoms with E-state index < -0.39 is 7.60 Å². The summed E-state index contributed by atoms with van der Waals surface area (Å²) in [5.41, 5.74) is 0.914. The van der Waals surface area contributed by atoms with Gasteiger partial charge >= 0.3 is 7.60 Å². The lowest BCUT2D eigenvalue weighted by Gasteiger charge is -2.22. The first-order valence-corrected chi connectivity index (χ1v) is 8.65. The summed E-state index contributed by atoms with van der Waals surface area (Å²) in [4.78, 5) is 5.32. The fraction of sp³-hybridized carbons (Fsp3) is 0.750. The third-order valence-corrected chi connectivity index (χ3v) is 5.56. The Morgan fingerprint density at radius 2 is 1.67 bits per heavy atom. The van der Waals surface area contributed by atoms with E-state index in [1.165, 1.54) is 0 Å². The van der Waals surface area contributed by atoms with Gasteiger partial charge < -0.3 is 9.05 Å². The molecule has 1 heterocycles. The number of hydrogen-bond acceptors (Lipinski definition) is 5. The van der Waals surface area contributed by atoms with Gasteiger partial charge in [0, 0.05) is 4.88 Å². The van der Waals surface area contributed by atoms with Gasteiger partial charge in [0.1, 0.15) is 0 Å². The summed E-state index contributed by atoms with van der Waals surface area (Å²) in [5, 5.41) is 0.975. The molecule has 1 aromatic heterocycles. The molecule has 4 nitrogen and oxygen atoms in total. The molecule has 0 fully saturated rings. The summed E-state index contributed by atoms with van der Waals surface area (Å²) >= 11 is 1.55. The number of aromatic nitrogens is 1. The standard InChI is InChI=1S/C12H22NO3PS/c1-8(2)15-17(14,16-9(3)4)7-12-10(5)13-11(6)18-12/h8-9H,7H2,1-6H3. The molecule has 0 unspecified atom stereocenters. The van der Waals surface area contributed by atoms with Gasteiger partial charge in [-0.25, -0.2) is 4.98 Å². The van der Waals surface area contributed by atoms with Crippen molar-refractivity contribution in [2.75, 3.05) is 0 Å². The van der Waals surface area contributed by atoms with E-state index in [1.807, 2.05) is 41.5 Å². The minimum Gasteiger partial charge on any atom is -0.306 e. The Hall–Kier alpha value is -0.220. The van der Waals surface area contributed by atoms with Crippen LogP contribution in [0.3, 0.4) is 0 Å². The number of aryl methyl sites for hydroxylation is 2. The van der Waals surface area contributed by atoms with Crippen molar-refractivity contribution < 1.29 is 13.6 Å². The van der Waals surface area contributed by atoms with Gasteiger partial charge in [-0.05, 0) is 41.5 Å². The Balaban J connectivity index is 2.91. The van der Waals surface area contributed by atoms with Gasteiger partial charge in [0.15, 0.2) is 0 Å². The predicted molar refractivity (Wildman–Crippen MR) is 75.3 cm³/mol. The first kappa shape index (κ1) is 15.8. The Morgan fingerprint density at radius 1 is 1.17 bits per heavy atom. The van der Waals surface area contributed by atoms with Crippen LogP contribution in [-0.2, 0) is 19.8 Å². The molecule has 104 valence electrons. The summed E-state index contributed by atoms with van der Waals surface area (Å²) in [6.07, 6.45) is 0.0635. The third-order valence-electron chi connectivity index (χ3n) is 2.08. The average Bonchev–Trinajstić information content (AvgIpc) is 2.40. The lowest BCUT2D eigenvalue weighted by molar-refractivity contribution is 0.142. The number of hydrogen-bond donors (Lipinski definition) is 0. The topological polar surface area (TPSA) is 48.4 Å². The Morgan fingerprint density at radius 3 is 2.00 bits per heavy atom. The van der Waals surface area contributed by atoms with Crippen molar-refractivity contribution in [1.29, 1.82) is 0 Å². The van der Waals surface area contributed by atoms with E-state index in [4.69, 9.17) is 9.05 Å². The molecule has 0 saturated heterocycles. The highest BCUT2D eigenvalue weighted by atomic mass is 32.1. The molecule has 0 bridgehead atoms. The number of thiazole rings is 1. The predicted octanol–water partition coefficient (Wildman–Crippen LogP) is 4.30. The van der Waals surface area contributed by atoms with Crippen molar-refractivity contribution in [2.24, 2.45) is 0 Å². The highest BCUT2D eigenvalue weighted by Gasteiger charge is 2.29. The maximum atomic E-state index is 12.7. The molecular weight excluding hydrogens is 269 g/mol. The molecule has 0 aromatic carbocycles. The number of nitrogens with zero attached hydrogens (tertiary/aromatic N) is 1. The minimum atomic E-state index is -3.10. The van der Waals surface area contributed by atoms with Crippen LogP contribution >= 0.6 is 18.9 Å². The fourth-order valence-corrected chi connectivity index (χ4v) is 5.17. The Labute approximate surface area is 113 Å². The van der Waals surface area contributed by atoms with E-state index >= 15 is 0 Å². The van der Waals surface area contributed by atoms with Crippen LogP contribution in [0.1, 0.15) is 43.3 Å². The molecule has 0 aliphatic heterocycles. The van der Waals surface area contributed by atoms with Crippen LogP contribution in [0.4, 0.5) is 0 Å². The van der Waals surface area contributed by atoms with E-state index in [9.17, 15) is 4.57 Å². The van der Waals surface area contributed by atoms with Crippen LogP contribution in [0.5, 0.6) is 0 Å².